The first kappa shape index (κ1) is 25.5. The number of halogens is 1. The lowest BCUT2D eigenvalue weighted by Gasteiger charge is -2.34. The van der Waals surface area contributed by atoms with E-state index in [-0.39, 0.29) is 28.2 Å². The monoisotopic (exact) mass is 540 g/mol. The fourth-order valence-corrected chi connectivity index (χ4v) is 5.46. The average Bonchev–Trinajstić information content (AvgIpc) is 2.92. The topological polar surface area (TPSA) is 135 Å². The van der Waals surface area contributed by atoms with Gasteiger partial charge in [0.25, 0.3) is 11.2 Å². The Morgan fingerprint density at radius 1 is 1.05 bits per heavy atom. The van der Waals surface area contributed by atoms with Crippen LogP contribution in [0.5, 0.6) is 11.5 Å². The smallest absolute Gasteiger partial charge is 0.331 e. The molecule has 3 heterocycles. The minimum Gasteiger partial charge on any atom is -0.493 e. The van der Waals surface area contributed by atoms with Crippen LogP contribution in [-0.2, 0) is 6.54 Å². The van der Waals surface area contributed by atoms with Gasteiger partial charge < -0.3 is 14.4 Å². The molecular formula is C25H25ClN6O6. The second kappa shape index (κ2) is 9.93. The van der Waals surface area contributed by atoms with Gasteiger partial charge in [-0.05, 0) is 25.8 Å². The molecule has 0 unspecified atom stereocenters. The molecule has 0 saturated carbocycles. The van der Waals surface area contributed by atoms with Crippen molar-refractivity contribution in [3.05, 3.63) is 66.6 Å². The van der Waals surface area contributed by atoms with E-state index in [0.29, 0.717) is 48.8 Å². The maximum Gasteiger partial charge on any atom is 0.331 e. The third-order valence-corrected chi connectivity index (χ3v) is 7.27. The van der Waals surface area contributed by atoms with Gasteiger partial charge in [0.15, 0.2) is 11.5 Å². The number of non-ortho nitro benzene ring substituents is 1. The Bertz CT molecular complexity index is 1690. The largest absolute Gasteiger partial charge is 0.493 e. The molecule has 0 amide bonds. The van der Waals surface area contributed by atoms with E-state index in [9.17, 15) is 19.7 Å². The first-order valence-corrected chi connectivity index (χ1v) is 12.4. The van der Waals surface area contributed by atoms with Gasteiger partial charge in [0, 0.05) is 49.3 Å². The molecule has 2 aromatic carbocycles. The minimum atomic E-state index is -0.606. The number of benzene rings is 2. The van der Waals surface area contributed by atoms with E-state index in [0.717, 1.165) is 11.5 Å². The molecule has 0 bridgehead atoms. The molecule has 5 rings (SSSR count). The zero-order chi connectivity index (χ0) is 27.1. The Labute approximate surface area is 221 Å². The molecule has 1 saturated heterocycles. The Morgan fingerprint density at radius 3 is 2.37 bits per heavy atom. The van der Waals surface area contributed by atoms with E-state index in [2.05, 4.69) is 14.9 Å². The molecule has 0 aliphatic carbocycles. The van der Waals surface area contributed by atoms with Gasteiger partial charge in [-0.15, -0.1) is 0 Å². The first-order chi connectivity index (χ1) is 18.3. The van der Waals surface area contributed by atoms with Crippen LogP contribution < -0.4 is 25.6 Å². The van der Waals surface area contributed by atoms with Crippen molar-refractivity contribution in [1.82, 2.24) is 19.1 Å². The number of aryl methyl sites for hydroxylation is 1. The highest BCUT2D eigenvalue weighted by Gasteiger charge is 2.28. The summed E-state index contributed by atoms with van der Waals surface area (Å²) < 4.78 is 13.4. The lowest BCUT2D eigenvalue weighted by Crippen LogP contribution is -2.46. The van der Waals surface area contributed by atoms with Gasteiger partial charge in [-0.2, -0.15) is 0 Å². The number of fused-ring (bicyclic) bond motifs is 2. The van der Waals surface area contributed by atoms with Gasteiger partial charge in [-0.25, -0.2) is 14.8 Å². The zero-order valence-electron chi connectivity index (χ0n) is 21.0. The number of piperidine rings is 1. The number of hydrogen-bond acceptors (Lipinski definition) is 9. The summed E-state index contributed by atoms with van der Waals surface area (Å²) in [5, 5.41) is 12.2. The van der Waals surface area contributed by atoms with Gasteiger partial charge in [0.05, 0.1) is 40.6 Å². The molecule has 13 heteroatoms. The Morgan fingerprint density at radius 2 is 1.74 bits per heavy atom. The minimum absolute atomic E-state index is 0.00471. The van der Waals surface area contributed by atoms with Crippen LogP contribution in [0, 0.1) is 10.1 Å². The van der Waals surface area contributed by atoms with E-state index >= 15 is 0 Å². The van der Waals surface area contributed by atoms with E-state index < -0.39 is 22.2 Å². The molecule has 0 atom stereocenters. The fraction of sp³-hybridized carbons (Fsp3) is 0.360. The molecule has 0 N–H and O–H groups in total. The number of ether oxygens (including phenoxy) is 2. The Balaban J connectivity index is 1.53. The van der Waals surface area contributed by atoms with Crippen molar-refractivity contribution in [2.45, 2.75) is 32.4 Å². The summed E-state index contributed by atoms with van der Waals surface area (Å²) in [6.07, 6.45) is 2.47. The molecule has 4 aromatic rings. The van der Waals surface area contributed by atoms with Gasteiger partial charge in [-0.3, -0.25) is 24.0 Å². The third-order valence-electron chi connectivity index (χ3n) is 6.98. The summed E-state index contributed by atoms with van der Waals surface area (Å²) in [5.74, 6) is 1.83. The number of methoxy groups -OCH3 is 2. The van der Waals surface area contributed by atoms with Gasteiger partial charge in [-0.1, -0.05) is 11.6 Å². The molecular weight excluding hydrogens is 516 g/mol. The van der Waals surface area contributed by atoms with E-state index in [1.165, 1.54) is 21.5 Å². The number of anilines is 1. The number of hydrogen-bond donors (Lipinski definition) is 0. The quantitative estimate of drug-likeness (QED) is 0.266. The van der Waals surface area contributed by atoms with Crippen molar-refractivity contribution in [2.75, 3.05) is 32.2 Å². The predicted octanol–water partition coefficient (Wildman–Crippen LogP) is 3.55. The van der Waals surface area contributed by atoms with Gasteiger partial charge >= 0.3 is 5.69 Å². The molecule has 198 valence electrons. The summed E-state index contributed by atoms with van der Waals surface area (Å²) >= 11 is 6.30. The molecule has 2 aromatic heterocycles. The van der Waals surface area contributed by atoms with Crippen LogP contribution in [0.4, 0.5) is 11.5 Å². The molecule has 1 aliphatic heterocycles. The van der Waals surface area contributed by atoms with Crippen LogP contribution in [0.3, 0.4) is 0 Å². The highest BCUT2D eigenvalue weighted by molar-refractivity contribution is 6.35. The number of nitrogens with zero attached hydrogens (tertiary/aromatic N) is 6. The third kappa shape index (κ3) is 4.10. The summed E-state index contributed by atoms with van der Waals surface area (Å²) in [6.45, 7) is 3.07. The van der Waals surface area contributed by atoms with E-state index in [4.69, 9.17) is 21.1 Å². The van der Waals surface area contributed by atoms with Crippen LogP contribution in [0.25, 0.3) is 21.8 Å². The number of aromatic nitrogens is 4. The molecule has 12 nitrogen and oxygen atoms in total. The average molecular weight is 541 g/mol. The van der Waals surface area contributed by atoms with Gasteiger partial charge in [0.1, 0.15) is 12.1 Å². The van der Waals surface area contributed by atoms with Crippen LogP contribution >= 0.6 is 11.6 Å². The molecule has 0 radical (unpaired) electrons. The lowest BCUT2D eigenvalue weighted by atomic mass is 10.0. The highest BCUT2D eigenvalue weighted by Crippen LogP contribution is 2.36. The lowest BCUT2D eigenvalue weighted by molar-refractivity contribution is -0.384. The summed E-state index contributed by atoms with van der Waals surface area (Å²) in [5.41, 5.74) is -0.457. The molecule has 0 spiro atoms. The highest BCUT2D eigenvalue weighted by atomic mass is 35.5. The Hall–Kier alpha value is -4.19. The fourth-order valence-electron chi connectivity index (χ4n) is 5.14. The zero-order valence-corrected chi connectivity index (χ0v) is 21.8. The van der Waals surface area contributed by atoms with Crippen LogP contribution in [0.1, 0.15) is 25.8 Å². The maximum absolute atomic E-state index is 13.5. The number of rotatable bonds is 6. The van der Waals surface area contributed by atoms with Crippen LogP contribution in [0.15, 0.2) is 40.2 Å². The summed E-state index contributed by atoms with van der Waals surface area (Å²) in [6, 6.07) is 5.58. The van der Waals surface area contributed by atoms with Crippen LogP contribution in [0.2, 0.25) is 5.02 Å². The molecule has 38 heavy (non-hydrogen) atoms. The van der Waals surface area contributed by atoms with Crippen molar-refractivity contribution < 1.29 is 14.4 Å². The predicted molar refractivity (Wildman–Crippen MR) is 143 cm³/mol. The number of nitro groups is 1. The second-order valence-corrected chi connectivity index (χ2v) is 9.33. The second-order valence-electron chi connectivity index (χ2n) is 8.92. The van der Waals surface area contributed by atoms with Gasteiger partial charge in [0.2, 0.25) is 0 Å². The van der Waals surface area contributed by atoms with E-state index in [1.807, 2.05) is 6.07 Å². The SMILES string of the molecule is CCn1c(=O)n(C2CCN(c3ncnc4cc(OC)c(OC)cc34)CC2)c(=O)c2cc([N+](=O)[O-])cc(Cl)c21. The van der Waals surface area contributed by atoms with Crippen molar-refractivity contribution in [1.29, 1.82) is 0 Å². The van der Waals surface area contributed by atoms with Crippen molar-refractivity contribution in [3.8, 4) is 11.5 Å². The summed E-state index contributed by atoms with van der Waals surface area (Å²) in [4.78, 5) is 48.7. The maximum atomic E-state index is 13.5. The normalized spacial score (nSPS) is 14.3. The van der Waals surface area contributed by atoms with E-state index in [1.54, 1.807) is 27.2 Å². The van der Waals surface area contributed by atoms with Crippen molar-refractivity contribution >= 4 is 44.9 Å². The van der Waals surface area contributed by atoms with Crippen LogP contribution in [-0.4, -0.2) is 51.3 Å². The van der Waals surface area contributed by atoms with Crippen molar-refractivity contribution in [2.24, 2.45) is 0 Å². The first-order valence-electron chi connectivity index (χ1n) is 12.0. The van der Waals surface area contributed by atoms with Crippen molar-refractivity contribution in [3.63, 3.8) is 0 Å². The molecule has 1 fully saturated rings. The standard InChI is InChI=1S/C25H25ClN6O6/c1-4-30-22-17(9-15(32(35)36)10-18(22)26)24(33)31(25(30)34)14-5-7-29(8-6-14)23-16-11-20(37-2)21(38-3)12-19(16)27-13-28-23/h9-14H,4-8H2,1-3H3. The Kier molecular flexibility index (Phi) is 6.66. The number of nitro benzene ring substituents is 1. The summed E-state index contributed by atoms with van der Waals surface area (Å²) in [7, 11) is 3.12. The molecule has 1 aliphatic rings.